The summed E-state index contributed by atoms with van der Waals surface area (Å²) < 4.78 is 13.4. The van der Waals surface area contributed by atoms with Crippen LogP contribution in [0, 0.1) is 0 Å². The van der Waals surface area contributed by atoms with Gasteiger partial charge >= 0.3 is 0 Å². The van der Waals surface area contributed by atoms with Crippen LogP contribution in [0.15, 0.2) is 65.9 Å². The zero-order valence-corrected chi connectivity index (χ0v) is 21.7. The molecule has 0 bridgehead atoms. The minimum Gasteiger partial charge on any atom is -0.493 e. The fourth-order valence-electron chi connectivity index (χ4n) is 4.07. The summed E-state index contributed by atoms with van der Waals surface area (Å²) in [7, 11) is 5.47. The summed E-state index contributed by atoms with van der Waals surface area (Å²) in [5.41, 5.74) is 3.53. The third-order valence-electron chi connectivity index (χ3n) is 5.81. The molecule has 0 spiro atoms. The van der Waals surface area contributed by atoms with Crippen LogP contribution in [0.3, 0.4) is 0 Å². The van der Waals surface area contributed by atoms with Gasteiger partial charge in [0, 0.05) is 45.8 Å². The number of halogens is 1. The predicted molar refractivity (Wildman–Crippen MR) is 142 cm³/mol. The molecule has 0 saturated carbocycles. The van der Waals surface area contributed by atoms with E-state index in [1.165, 1.54) is 5.56 Å². The van der Waals surface area contributed by atoms with Crippen LogP contribution in [0.4, 0.5) is 0 Å². The molecule has 2 aromatic carbocycles. The van der Waals surface area contributed by atoms with Crippen molar-refractivity contribution in [2.45, 2.75) is 25.5 Å². The molecule has 3 aromatic rings. The van der Waals surface area contributed by atoms with Crippen LogP contribution in [-0.4, -0.2) is 47.9 Å². The lowest BCUT2D eigenvalue weighted by atomic mass is 10.0. The Kier molecular flexibility index (Phi) is 8.99. The molecule has 1 fully saturated rings. The lowest BCUT2D eigenvalue weighted by Crippen LogP contribution is -2.39. The normalized spacial score (nSPS) is 15.8. The molecule has 2 heterocycles. The molecule has 0 amide bonds. The van der Waals surface area contributed by atoms with Crippen LogP contribution < -0.4 is 14.8 Å². The van der Waals surface area contributed by atoms with Crippen LogP contribution in [0.25, 0.3) is 0 Å². The number of ether oxygens (including phenoxy) is 2. The van der Waals surface area contributed by atoms with E-state index in [-0.39, 0.29) is 24.0 Å². The molecule has 33 heavy (non-hydrogen) atoms. The molecule has 1 aliphatic heterocycles. The second-order valence-corrected chi connectivity index (χ2v) is 8.04. The van der Waals surface area contributed by atoms with Gasteiger partial charge in [0.05, 0.1) is 13.3 Å². The molecule has 1 atom stereocenters. The molecule has 8 heteroatoms. The number of methoxy groups -OCH3 is 1. The van der Waals surface area contributed by atoms with Gasteiger partial charge in [-0.2, -0.15) is 5.10 Å². The number of rotatable bonds is 7. The molecule has 1 aromatic heterocycles. The number of aryl methyl sites for hydroxylation is 1. The summed E-state index contributed by atoms with van der Waals surface area (Å²) in [5, 5.41) is 7.80. The Morgan fingerprint density at radius 3 is 2.67 bits per heavy atom. The summed E-state index contributed by atoms with van der Waals surface area (Å²) in [6.45, 7) is 3.10. The van der Waals surface area contributed by atoms with E-state index in [9.17, 15) is 0 Å². The van der Waals surface area contributed by atoms with Crippen LogP contribution >= 0.6 is 24.0 Å². The van der Waals surface area contributed by atoms with Gasteiger partial charge in [0.25, 0.3) is 0 Å². The van der Waals surface area contributed by atoms with Gasteiger partial charge in [-0.15, -0.1) is 24.0 Å². The molecule has 1 saturated heterocycles. The van der Waals surface area contributed by atoms with Gasteiger partial charge in [0.2, 0.25) is 0 Å². The number of hydrogen-bond acceptors (Lipinski definition) is 4. The highest BCUT2D eigenvalue weighted by Crippen LogP contribution is 2.29. The predicted octanol–water partition coefficient (Wildman–Crippen LogP) is 4.19. The largest absolute Gasteiger partial charge is 0.493 e. The molecule has 1 unspecified atom stereocenters. The minimum atomic E-state index is 0. The van der Waals surface area contributed by atoms with Gasteiger partial charge in [-0.25, -0.2) is 0 Å². The Morgan fingerprint density at radius 1 is 1.15 bits per heavy atom. The summed E-state index contributed by atoms with van der Waals surface area (Å²) in [4.78, 5) is 6.81. The van der Waals surface area contributed by atoms with Crippen LogP contribution in [0.1, 0.15) is 29.0 Å². The maximum atomic E-state index is 5.97. The number of aliphatic imine (C=N–C) groups is 1. The molecule has 1 N–H and O–H groups in total. The van der Waals surface area contributed by atoms with E-state index in [0.29, 0.717) is 19.1 Å². The van der Waals surface area contributed by atoms with E-state index in [2.05, 4.69) is 32.6 Å². The summed E-state index contributed by atoms with van der Waals surface area (Å²) >= 11 is 0. The van der Waals surface area contributed by atoms with Crippen LogP contribution in [-0.2, 0) is 20.2 Å². The number of aromatic nitrogens is 2. The topological polar surface area (TPSA) is 63.9 Å². The number of nitrogens with one attached hydrogen (secondary N) is 1. The van der Waals surface area contributed by atoms with Gasteiger partial charge in [0.15, 0.2) is 17.5 Å². The quantitative estimate of drug-likeness (QED) is 0.266. The average Bonchev–Trinajstić information content (AvgIpc) is 3.48. The van der Waals surface area contributed by atoms with E-state index in [0.717, 1.165) is 48.1 Å². The minimum absolute atomic E-state index is 0. The number of hydrogen-bond donors (Lipinski definition) is 1. The average molecular weight is 561 g/mol. The number of nitrogens with zero attached hydrogens (tertiary/aromatic N) is 4. The van der Waals surface area contributed by atoms with E-state index >= 15 is 0 Å². The van der Waals surface area contributed by atoms with Crippen molar-refractivity contribution >= 4 is 29.9 Å². The fraction of sp³-hybridized carbons (Fsp3) is 0.360. The highest BCUT2D eigenvalue weighted by atomic mass is 127. The smallest absolute Gasteiger partial charge is 0.193 e. The summed E-state index contributed by atoms with van der Waals surface area (Å²) in [5.74, 6) is 2.87. The zero-order chi connectivity index (χ0) is 22.3. The van der Waals surface area contributed by atoms with Crippen LogP contribution in [0.2, 0.25) is 0 Å². The van der Waals surface area contributed by atoms with Crippen molar-refractivity contribution in [1.82, 2.24) is 20.0 Å². The maximum Gasteiger partial charge on any atom is 0.193 e. The van der Waals surface area contributed by atoms with Gasteiger partial charge in [0.1, 0.15) is 6.61 Å². The molecular formula is C25H32IN5O2. The molecule has 1 aliphatic rings. The molecule has 4 rings (SSSR count). The molecule has 0 aliphatic carbocycles. The first-order valence-corrected chi connectivity index (χ1v) is 10.9. The van der Waals surface area contributed by atoms with Crippen molar-refractivity contribution in [3.63, 3.8) is 0 Å². The highest BCUT2D eigenvalue weighted by molar-refractivity contribution is 14.0. The van der Waals surface area contributed by atoms with E-state index in [4.69, 9.17) is 9.47 Å². The summed E-state index contributed by atoms with van der Waals surface area (Å²) in [6, 6.07) is 16.2. The highest BCUT2D eigenvalue weighted by Gasteiger charge is 2.26. The van der Waals surface area contributed by atoms with Crippen molar-refractivity contribution in [2.75, 3.05) is 27.2 Å². The fourth-order valence-corrected chi connectivity index (χ4v) is 4.07. The Bertz CT molecular complexity index is 1050. The van der Waals surface area contributed by atoms with Gasteiger partial charge in [-0.1, -0.05) is 36.4 Å². The van der Waals surface area contributed by atoms with Crippen molar-refractivity contribution in [3.05, 3.63) is 77.6 Å². The van der Waals surface area contributed by atoms with Crippen molar-refractivity contribution < 1.29 is 9.47 Å². The summed E-state index contributed by atoms with van der Waals surface area (Å²) in [6.07, 6.45) is 5.18. The van der Waals surface area contributed by atoms with E-state index in [1.807, 2.05) is 67.4 Å². The Labute approximate surface area is 212 Å². The van der Waals surface area contributed by atoms with Gasteiger partial charge in [-0.05, 0) is 35.2 Å². The SMILES string of the molecule is CN=C(NCc1ccc(OCc2ccccc2)c(OC)c1)N1CCC(c2cnn(C)c2)C1.I. The lowest BCUT2D eigenvalue weighted by molar-refractivity contribution is 0.284. The zero-order valence-electron chi connectivity index (χ0n) is 19.4. The molecule has 0 radical (unpaired) electrons. The number of guanidine groups is 1. The molecule has 7 nitrogen and oxygen atoms in total. The van der Waals surface area contributed by atoms with E-state index < -0.39 is 0 Å². The Hall–Kier alpha value is -2.75. The molecular weight excluding hydrogens is 529 g/mol. The van der Waals surface area contributed by atoms with Crippen molar-refractivity contribution in [1.29, 1.82) is 0 Å². The monoisotopic (exact) mass is 561 g/mol. The first-order valence-electron chi connectivity index (χ1n) is 10.9. The van der Waals surface area contributed by atoms with Gasteiger partial charge < -0.3 is 19.7 Å². The third kappa shape index (κ3) is 6.40. The molecule has 176 valence electrons. The number of likely N-dealkylation sites (tertiary alicyclic amines) is 1. The third-order valence-corrected chi connectivity index (χ3v) is 5.81. The Balaban J connectivity index is 0.00000306. The lowest BCUT2D eigenvalue weighted by Gasteiger charge is -2.22. The van der Waals surface area contributed by atoms with E-state index in [1.54, 1.807) is 7.11 Å². The van der Waals surface area contributed by atoms with Gasteiger partial charge in [-0.3, -0.25) is 9.67 Å². The second-order valence-electron chi connectivity index (χ2n) is 8.04. The maximum absolute atomic E-state index is 5.97. The second kappa shape index (κ2) is 11.9. The Morgan fingerprint density at radius 2 is 1.97 bits per heavy atom. The standard InChI is InChI=1S/C25H31N5O2.HI/c1-26-25(30-12-11-21(17-30)22-15-28-29(2)16-22)27-14-20-9-10-23(24(13-20)31-3)32-18-19-7-5-4-6-8-19;/h4-10,13,15-16,21H,11-12,14,17-18H2,1-3H3,(H,26,27);1H. The van der Waals surface area contributed by atoms with Crippen molar-refractivity contribution in [2.24, 2.45) is 12.0 Å². The van der Waals surface area contributed by atoms with Crippen molar-refractivity contribution in [3.8, 4) is 11.5 Å². The first-order chi connectivity index (χ1) is 15.7. The number of benzene rings is 2. The van der Waals surface area contributed by atoms with Crippen LogP contribution in [0.5, 0.6) is 11.5 Å². The first kappa shape index (κ1) is 24.9.